The minimum atomic E-state index is -0.168. The van der Waals surface area contributed by atoms with Crippen LogP contribution >= 0.6 is 28.3 Å². The Balaban J connectivity index is 0.00000289. The molecule has 2 N–H and O–H groups in total. The van der Waals surface area contributed by atoms with Gasteiger partial charge in [-0.25, -0.2) is 0 Å². The van der Waals surface area contributed by atoms with E-state index < -0.39 is 0 Å². The molecule has 1 unspecified atom stereocenters. The molecule has 102 valence electrons. The van der Waals surface area contributed by atoms with Crippen LogP contribution in [0, 0.1) is 6.92 Å². The van der Waals surface area contributed by atoms with E-state index in [-0.39, 0.29) is 24.4 Å². The van der Waals surface area contributed by atoms with Crippen LogP contribution in [0.4, 0.5) is 5.69 Å². The average molecular weight is 336 g/mol. The lowest BCUT2D eigenvalue weighted by molar-refractivity contribution is -0.117. The van der Waals surface area contributed by atoms with Gasteiger partial charge in [0.1, 0.15) is 0 Å². The molecule has 3 nitrogen and oxygen atoms in total. The normalized spacial score (nSPS) is 11.6. The summed E-state index contributed by atoms with van der Waals surface area (Å²) in [4.78, 5) is 11.8. The Kier molecular flexibility index (Phi) is 8.24. The van der Waals surface area contributed by atoms with Gasteiger partial charge in [0.2, 0.25) is 5.91 Å². The monoisotopic (exact) mass is 334 g/mol. The van der Waals surface area contributed by atoms with Crippen LogP contribution < -0.4 is 10.6 Å². The van der Waals surface area contributed by atoms with Crippen molar-refractivity contribution in [2.45, 2.75) is 33.2 Å². The second-order valence-corrected chi connectivity index (χ2v) is 4.98. The van der Waals surface area contributed by atoms with Gasteiger partial charge in [-0.1, -0.05) is 22.9 Å². The van der Waals surface area contributed by atoms with Crippen LogP contribution in [0.5, 0.6) is 0 Å². The van der Waals surface area contributed by atoms with E-state index in [1.807, 2.05) is 32.0 Å². The highest BCUT2D eigenvalue weighted by Gasteiger charge is 2.11. The molecular weight excluding hydrogens is 316 g/mol. The molecular formula is C13H20BrClN2O. The highest BCUT2D eigenvalue weighted by molar-refractivity contribution is 9.10. The average Bonchev–Trinajstić information content (AvgIpc) is 2.30. The summed E-state index contributed by atoms with van der Waals surface area (Å²) in [5.41, 5.74) is 1.94. The third kappa shape index (κ3) is 5.38. The molecule has 1 amide bonds. The fourth-order valence-corrected chi connectivity index (χ4v) is 1.67. The van der Waals surface area contributed by atoms with Gasteiger partial charge in [0.25, 0.3) is 0 Å². The van der Waals surface area contributed by atoms with Crippen molar-refractivity contribution in [3.63, 3.8) is 0 Å². The Hall–Kier alpha value is -0.580. The SMILES string of the molecule is CCCNC(C)C(=O)Nc1ccc(Br)c(C)c1.Cl. The summed E-state index contributed by atoms with van der Waals surface area (Å²) in [6.07, 6.45) is 1.02. The minimum absolute atomic E-state index is 0. The molecule has 5 heteroatoms. The number of anilines is 1. The third-order valence-electron chi connectivity index (χ3n) is 2.52. The number of halogens is 2. The molecule has 0 bridgehead atoms. The lowest BCUT2D eigenvalue weighted by Crippen LogP contribution is -2.38. The quantitative estimate of drug-likeness (QED) is 0.864. The van der Waals surface area contributed by atoms with Crippen LogP contribution in [0.3, 0.4) is 0 Å². The van der Waals surface area contributed by atoms with Crippen molar-refractivity contribution < 1.29 is 4.79 Å². The van der Waals surface area contributed by atoms with Crippen molar-refractivity contribution in [2.75, 3.05) is 11.9 Å². The lowest BCUT2D eigenvalue weighted by Gasteiger charge is -2.14. The molecule has 0 aliphatic carbocycles. The standard InChI is InChI=1S/C13H19BrN2O.ClH/c1-4-7-15-10(3)13(17)16-11-5-6-12(14)9(2)8-11;/h5-6,8,10,15H,4,7H2,1-3H3,(H,16,17);1H. The summed E-state index contributed by atoms with van der Waals surface area (Å²) < 4.78 is 1.05. The number of nitrogens with one attached hydrogen (secondary N) is 2. The molecule has 0 spiro atoms. The Bertz CT molecular complexity index is 399. The fraction of sp³-hybridized carbons (Fsp3) is 0.462. The molecule has 1 aromatic carbocycles. The van der Waals surface area contributed by atoms with Gasteiger partial charge in [0, 0.05) is 10.2 Å². The molecule has 0 aromatic heterocycles. The van der Waals surface area contributed by atoms with E-state index in [4.69, 9.17) is 0 Å². The molecule has 0 saturated heterocycles. The Morgan fingerprint density at radius 1 is 1.44 bits per heavy atom. The molecule has 0 aliphatic heterocycles. The Morgan fingerprint density at radius 2 is 2.11 bits per heavy atom. The summed E-state index contributed by atoms with van der Waals surface area (Å²) in [6.45, 7) is 6.80. The van der Waals surface area contributed by atoms with E-state index in [1.54, 1.807) is 0 Å². The van der Waals surface area contributed by atoms with Gasteiger partial charge in [-0.15, -0.1) is 12.4 Å². The summed E-state index contributed by atoms with van der Waals surface area (Å²) in [5.74, 6) is 0.000160. The molecule has 0 radical (unpaired) electrons. The largest absolute Gasteiger partial charge is 0.325 e. The zero-order valence-electron chi connectivity index (χ0n) is 10.9. The number of rotatable bonds is 5. The second kappa shape index (κ2) is 8.51. The van der Waals surface area contributed by atoms with E-state index in [2.05, 4.69) is 33.5 Å². The maximum atomic E-state index is 11.8. The molecule has 0 heterocycles. The van der Waals surface area contributed by atoms with E-state index in [0.717, 1.165) is 28.7 Å². The number of benzene rings is 1. The lowest BCUT2D eigenvalue weighted by atomic mass is 10.2. The molecule has 1 aromatic rings. The fourth-order valence-electron chi connectivity index (χ4n) is 1.43. The van der Waals surface area contributed by atoms with Gasteiger partial charge in [-0.3, -0.25) is 4.79 Å². The van der Waals surface area contributed by atoms with Crippen molar-refractivity contribution in [1.29, 1.82) is 0 Å². The predicted octanol–water partition coefficient (Wildman–Crippen LogP) is 3.51. The molecule has 18 heavy (non-hydrogen) atoms. The van der Waals surface area contributed by atoms with Crippen LogP contribution in [0.2, 0.25) is 0 Å². The number of hydrogen-bond donors (Lipinski definition) is 2. The smallest absolute Gasteiger partial charge is 0.241 e. The van der Waals surface area contributed by atoms with Crippen molar-refractivity contribution in [3.05, 3.63) is 28.2 Å². The number of carbonyl (C=O) groups is 1. The maximum absolute atomic E-state index is 11.8. The van der Waals surface area contributed by atoms with Gasteiger partial charge in [-0.2, -0.15) is 0 Å². The summed E-state index contributed by atoms with van der Waals surface area (Å²) >= 11 is 3.43. The van der Waals surface area contributed by atoms with E-state index >= 15 is 0 Å². The van der Waals surface area contributed by atoms with Gasteiger partial charge in [0.05, 0.1) is 6.04 Å². The van der Waals surface area contributed by atoms with Gasteiger partial charge < -0.3 is 10.6 Å². The predicted molar refractivity (Wildman–Crippen MR) is 82.5 cm³/mol. The highest BCUT2D eigenvalue weighted by atomic mass is 79.9. The second-order valence-electron chi connectivity index (χ2n) is 4.13. The van der Waals surface area contributed by atoms with Crippen LogP contribution in [-0.2, 0) is 4.79 Å². The van der Waals surface area contributed by atoms with Crippen LogP contribution in [0.15, 0.2) is 22.7 Å². The van der Waals surface area contributed by atoms with E-state index in [9.17, 15) is 4.79 Å². The number of hydrogen-bond acceptors (Lipinski definition) is 2. The summed E-state index contributed by atoms with van der Waals surface area (Å²) in [5, 5.41) is 6.05. The summed E-state index contributed by atoms with van der Waals surface area (Å²) in [7, 11) is 0. The van der Waals surface area contributed by atoms with Crippen molar-refractivity contribution in [1.82, 2.24) is 5.32 Å². The number of carbonyl (C=O) groups excluding carboxylic acids is 1. The van der Waals surface area contributed by atoms with Crippen LogP contribution in [0.1, 0.15) is 25.8 Å². The highest BCUT2D eigenvalue weighted by Crippen LogP contribution is 2.19. The molecule has 0 saturated carbocycles. The van der Waals surface area contributed by atoms with E-state index in [1.165, 1.54) is 0 Å². The zero-order chi connectivity index (χ0) is 12.8. The first kappa shape index (κ1) is 17.4. The van der Waals surface area contributed by atoms with Crippen molar-refractivity contribution >= 4 is 39.9 Å². The van der Waals surface area contributed by atoms with Crippen molar-refractivity contribution in [2.24, 2.45) is 0 Å². The topological polar surface area (TPSA) is 41.1 Å². The van der Waals surface area contributed by atoms with Crippen LogP contribution in [-0.4, -0.2) is 18.5 Å². The minimum Gasteiger partial charge on any atom is -0.325 e. The number of amides is 1. The first-order chi connectivity index (χ1) is 8.04. The van der Waals surface area contributed by atoms with Gasteiger partial charge >= 0.3 is 0 Å². The Labute approximate surface area is 123 Å². The molecule has 0 fully saturated rings. The molecule has 1 rings (SSSR count). The van der Waals surface area contributed by atoms with Gasteiger partial charge in [-0.05, 0) is 50.6 Å². The summed E-state index contributed by atoms with van der Waals surface area (Å²) in [6, 6.07) is 5.62. The molecule has 0 aliphatic rings. The zero-order valence-corrected chi connectivity index (χ0v) is 13.3. The molecule has 1 atom stereocenters. The number of aryl methyl sites for hydroxylation is 1. The van der Waals surface area contributed by atoms with Crippen LogP contribution in [0.25, 0.3) is 0 Å². The van der Waals surface area contributed by atoms with Gasteiger partial charge in [0.15, 0.2) is 0 Å². The first-order valence-corrected chi connectivity index (χ1v) is 6.64. The third-order valence-corrected chi connectivity index (χ3v) is 3.41. The maximum Gasteiger partial charge on any atom is 0.241 e. The van der Waals surface area contributed by atoms with E-state index in [0.29, 0.717) is 0 Å². The first-order valence-electron chi connectivity index (χ1n) is 5.85. The van der Waals surface area contributed by atoms with Crippen molar-refractivity contribution in [3.8, 4) is 0 Å². The Morgan fingerprint density at radius 3 is 2.67 bits per heavy atom.